The average molecular weight is 264 g/mol. The van der Waals surface area contributed by atoms with Crippen LogP contribution in [0.5, 0.6) is 0 Å². The first-order valence-corrected chi connectivity index (χ1v) is 7.71. The van der Waals surface area contributed by atoms with E-state index in [2.05, 4.69) is 13.8 Å². The molecule has 2 heteroatoms. The molecule has 0 N–H and O–H groups in total. The van der Waals surface area contributed by atoms with E-state index in [-0.39, 0.29) is 29.6 Å². The molecular weight excluding hydrogens is 231 g/mol. The SMILES string of the molecule is CC(C)CCCCCCCCCCCCC=O.[NaH]. The van der Waals surface area contributed by atoms with Crippen molar-refractivity contribution in [1.29, 1.82) is 0 Å². The van der Waals surface area contributed by atoms with E-state index in [9.17, 15) is 4.79 Å². The summed E-state index contributed by atoms with van der Waals surface area (Å²) < 4.78 is 0. The first-order chi connectivity index (χ1) is 8.27. The summed E-state index contributed by atoms with van der Waals surface area (Å²) in [6.45, 7) is 4.62. The maximum atomic E-state index is 10.1. The monoisotopic (exact) mass is 264 g/mol. The van der Waals surface area contributed by atoms with Gasteiger partial charge in [-0.3, -0.25) is 0 Å². The van der Waals surface area contributed by atoms with Crippen molar-refractivity contribution in [2.45, 2.75) is 90.9 Å². The van der Waals surface area contributed by atoms with Crippen LogP contribution in [0.1, 0.15) is 90.9 Å². The van der Waals surface area contributed by atoms with Crippen LogP contribution < -0.4 is 0 Å². The third-order valence-electron chi connectivity index (χ3n) is 3.35. The fourth-order valence-electron chi connectivity index (χ4n) is 2.19. The van der Waals surface area contributed by atoms with Crippen molar-refractivity contribution >= 4 is 35.8 Å². The Morgan fingerprint density at radius 1 is 0.722 bits per heavy atom. The van der Waals surface area contributed by atoms with Gasteiger partial charge in [-0.15, -0.1) is 0 Å². The van der Waals surface area contributed by atoms with Gasteiger partial charge < -0.3 is 4.79 Å². The molecule has 0 spiro atoms. The normalized spacial score (nSPS) is 10.4. The quantitative estimate of drug-likeness (QED) is 0.263. The Morgan fingerprint density at radius 3 is 1.50 bits per heavy atom. The van der Waals surface area contributed by atoms with Gasteiger partial charge in [-0.25, -0.2) is 0 Å². The van der Waals surface area contributed by atoms with Gasteiger partial charge >= 0.3 is 29.6 Å². The Hall–Kier alpha value is 0.670. The predicted molar refractivity (Wildman–Crippen MR) is 83.5 cm³/mol. The van der Waals surface area contributed by atoms with Gasteiger partial charge in [-0.1, -0.05) is 78.1 Å². The Bertz CT molecular complexity index is 157. The summed E-state index contributed by atoms with van der Waals surface area (Å²) in [6, 6.07) is 0. The van der Waals surface area contributed by atoms with Gasteiger partial charge in [0.15, 0.2) is 0 Å². The molecule has 0 atom stereocenters. The third kappa shape index (κ3) is 19.0. The van der Waals surface area contributed by atoms with Gasteiger partial charge in [-0.05, 0) is 12.3 Å². The molecule has 0 aliphatic rings. The maximum absolute atomic E-state index is 10.1. The van der Waals surface area contributed by atoms with Crippen LogP contribution in [0.4, 0.5) is 0 Å². The van der Waals surface area contributed by atoms with Gasteiger partial charge in [0.25, 0.3) is 0 Å². The molecule has 0 saturated heterocycles. The van der Waals surface area contributed by atoms with Crippen LogP contribution in [0.2, 0.25) is 0 Å². The van der Waals surface area contributed by atoms with E-state index < -0.39 is 0 Å². The molecule has 18 heavy (non-hydrogen) atoms. The molecule has 0 amide bonds. The molecule has 0 fully saturated rings. The van der Waals surface area contributed by atoms with E-state index in [4.69, 9.17) is 0 Å². The zero-order valence-corrected chi connectivity index (χ0v) is 12.0. The Labute approximate surface area is 137 Å². The molecule has 0 rings (SSSR count). The van der Waals surface area contributed by atoms with Crippen LogP contribution in [0.15, 0.2) is 0 Å². The molecular formula is C16H33NaO. The van der Waals surface area contributed by atoms with E-state index in [1.54, 1.807) is 0 Å². The fourth-order valence-corrected chi connectivity index (χ4v) is 2.19. The number of unbranched alkanes of at least 4 members (excludes halogenated alkanes) is 10. The molecule has 0 bridgehead atoms. The molecule has 0 aliphatic heterocycles. The van der Waals surface area contributed by atoms with Crippen molar-refractivity contribution in [3.8, 4) is 0 Å². The number of carbonyl (C=O) groups is 1. The van der Waals surface area contributed by atoms with Gasteiger partial charge in [-0.2, -0.15) is 0 Å². The predicted octanol–water partition coefficient (Wildman–Crippen LogP) is 4.87. The first kappa shape index (κ1) is 21.0. The first-order valence-electron chi connectivity index (χ1n) is 7.71. The van der Waals surface area contributed by atoms with Crippen molar-refractivity contribution in [1.82, 2.24) is 0 Å². The van der Waals surface area contributed by atoms with E-state index >= 15 is 0 Å². The van der Waals surface area contributed by atoms with E-state index in [1.165, 1.54) is 64.2 Å². The summed E-state index contributed by atoms with van der Waals surface area (Å²) >= 11 is 0. The molecule has 0 aromatic carbocycles. The van der Waals surface area contributed by atoms with Gasteiger partial charge in [0.1, 0.15) is 6.29 Å². The summed E-state index contributed by atoms with van der Waals surface area (Å²) in [7, 11) is 0. The van der Waals surface area contributed by atoms with Crippen molar-refractivity contribution < 1.29 is 4.79 Å². The fraction of sp³-hybridized carbons (Fsp3) is 0.938. The van der Waals surface area contributed by atoms with Gasteiger partial charge in [0.05, 0.1) is 0 Å². The van der Waals surface area contributed by atoms with E-state index in [0.29, 0.717) is 0 Å². The van der Waals surface area contributed by atoms with Crippen LogP contribution >= 0.6 is 0 Å². The van der Waals surface area contributed by atoms with Crippen LogP contribution in [0.25, 0.3) is 0 Å². The topological polar surface area (TPSA) is 17.1 Å². The van der Waals surface area contributed by atoms with Crippen molar-refractivity contribution in [3.63, 3.8) is 0 Å². The van der Waals surface area contributed by atoms with Crippen molar-refractivity contribution in [2.75, 3.05) is 0 Å². The average Bonchev–Trinajstić information content (AvgIpc) is 2.30. The standard InChI is InChI=1S/C16H32O.Na.H/c1-16(2)14-12-10-8-6-4-3-5-7-9-11-13-15-17;;/h15-16H,3-14H2,1-2H3;;. The summed E-state index contributed by atoms with van der Waals surface area (Å²) in [5, 5.41) is 0. The van der Waals surface area contributed by atoms with Crippen LogP contribution in [0.3, 0.4) is 0 Å². The van der Waals surface area contributed by atoms with Crippen LogP contribution in [0, 0.1) is 5.92 Å². The van der Waals surface area contributed by atoms with E-state index in [1.807, 2.05) is 0 Å². The molecule has 0 heterocycles. The summed E-state index contributed by atoms with van der Waals surface area (Å²) in [4.78, 5) is 10.1. The third-order valence-corrected chi connectivity index (χ3v) is 3.35. The summed E-state index contributed by atoms with van der Waals surface area (Å²) in [6.07, 6.45) is 16.7. The molecule has 0 aromatic rings. The second-order valence-corrected chi connectivity index (χ2v) is 5.67. The number of hydrogen-bond donors (Lipinski definition) is 0. The minimum atomic E-state index is 0. The zero-order chi connectivity index (χ0) is 12.8. The van der Waals surface area contributed by atoms with Gasteiger partial charge in [0.2, 0.25) is 0 Å². The molecule has 104 valence electrons. The molecule has 0 aromatic heterocycles. The molecule has 0 unspecified atom stereocenters. The summed E-state index contributed by atoms with van der Waals surface area (Å²) in [5.74, 6) is 0.876. The number of hydrogen-bond acceptors (Lipinski definition) is 1. The zero-order valence-electron chi connectivity index (χ0n) is 12.0. The number of aldehydes is 1. The molecule has 0 radical (unpaired) electrons. The van der Waals surface area contributed by atoms with Crippen molar-refractivity contribution in [2.24, 2.45) is 5.92 Å². The van der Waals surface area contributed by atoms with E-state index in [0.717, 1.165) is 25.0 Å². The Morgan fingerprint density at radius 2 is 1.11 bits per heavy atom. The number of rotatable bonds is 13. The Kier molecular flexibility index (Phi) is 20.6. The number of carbonyl (C=O) groups excluding carboxylic acids is 1. The van der Waals surface area contributed by atoms with Gasteiger partial charge in [0, 0.05) is 6.42 Å². The Balaban J connectivity index is 0. The second-order valence-electron chi connectivity index (χ2n) is 5.67. The molecule has 0 aliphatic carbocycles. The van der Waals surface area contributed by atoms with Crippen molar-refractivity contribution in [3.05, 3.63) is 0 Å². The molecule has 1 nitrogen and oxygen atoms in total. The van der Waals surface area contributed by atoms with Crippen LogP contribution in [-0.4, -0.2) is 35.8 Å². The minimum absolute atomic E-state index is 0. The second kappa shape index (κ2) is 17.7. The molecule has 0 saturated carbocycles. The van der Waals surface area contributed by atoms with Crippen LogP contribution in [-0.2, 0) is 4.79 Å². The summed E-state index contributed by atoms with van der Waals surface area (Å²) in [5.41, 5.74) is 0.